The van der Waals surface area contributed by atoms with Crippen LogP contribution in [0, 0.1) is 0 Å². The fourth-order valence-electron chi connectivity index (χ4n) is 2.17. The normalized spacial score (nSPS) is 12.0. The molecule has 3 rings (SSSR count). The fraction of sp³-hybridized carbons (Fsp3) is 0.133. The van der Waals surface area contributed by atoms with E-state index in [0.717, 1.165) is 16.6 Å². The molecular formula is C15H14N4O2. The Hall–Kier alpha value is -2.89. The first-order chi connectivity index (χ1) is 10.3. The average Bonchev–Trinajstić information content (AvgIpc) is 2.97. The number of benzene rings is 2. The number of ether oxygens (including phenoxy) is 1. The summed E-state index contributed by atoms with van der Waals surface area (Å²) >= 11 is 0. The number of alkyl carbamates (subject to hydrolysis) is 1. The number of nitrogens with zero attached hydrogens (tertiary/aromatic N) is 3. The molecule has 0 aliphatic rings. The van der Waals surface area contributed by atoms with E-state index in [2.05, 4.69) is 15.6 Å². The molecule has 6 nitrogen and oxygen atoms in total. The van der Waals surface area contributed by atoms with E-state index in [1.807, 2.05) is 54.6 Å². The molecule has 0 saturated heterocycles. The maximum absolute atomic E-state index is 11.6. The molecule has 106 valence electrons. The zero-order chi connectivity index (χ0) is 14.7. The van der Waals surface area contributed by atoms with Crippen LogP contribution in [0.25, 0.3) is 11.0 Å². The van der Waals surface area contributed by atoms with Crippen LogP contribution >= 0.6 is 0 Å². The van der Waals surface area contributed by atoms with Crippen molar-refractivity contribution in [2.24, 2.45) is 0 Å². The predicted octanol–water partition coefficient (Wildman–Crippen LogP) is 2.33. The second-order valence-electron chi connectivity index (χ2n) is 4.47. The molecule has 1 heterocycles. The van der Waals surface area contributed by atoms with E-state index < -0.39 is 12.3 Å². The Bertz CT molecular complexity index is 754. The van der Waals surface area contributed by atoms with Gasteiger partial charge in [0.1, 0.15) is 5.52 Å². The number of para-hydroxylation sites is 1. The predicted molar refractivity (Wildman–Crippen MR) is 77.6 cm³/mol. The largest absolute Gasteiger partial charge is 0.453 e. The fourth-order valence-corrected chi connectivity index (χ4v) is 2.17. The molecule has 1 N–H and O–H groups in total. The summed E-state index contributed by atoms with van der Waals surface area (Å²) in [5, 5.41) is 11.1. The minimum absolute atomic E-state index is 0.481. The molecular weight excluding hydrogens is 268 g/mol. The Balaban J connectivity index is 2.08. The summed E-state index contributed by atoms with van der Waals surface area (Å²) < 4.78 is 6.37. The molecule has 0 saturated carbocycles. The van der Waals surface area contributed by atoms with Crippen molar-refractivity contribution in [1.29, 1.82) is 0 Å². The third-order valence-electron chi connectivity index (χ3n) is 3.18. The number of fused-ring (bicyclic) bond motifs is 1. The van der Waals surface area contributed by atoms with Gasteiger partial charge in [-0.1, -0.05) is 47.7 Å². The minimum Gasteiger partial charge on any atom is -0.453 e. The molecule has 1 aromatic heterocycles. The Morgan fingerprint density at radius 2 is 1.86 bits per heavy atom. The van der Waals surface area contributed by atoms with E-state index in [1.54, 1.807) is 4.68 Å². The number of carbonyl (C=O) groups is 1. The number of methoxy groups -OCH3 is 1. The third-order valence-corrected chi connectivity index (χ3v) is 3.18. The van der Waals surface area contributed by atoms with Gasteiger partial charge in [0, 0.05) is 0 Å². The maximum Gasteiger partial charge on any atom is 0.408 e. The van der Waals surface area contributed by atoms with Crippen LogP contribution in [-0.2, 0) is 4.74 Å². The summed E-state index contributed by atoms with van der Waals surface area (Å²) in [7, 11) is 1.33. The number of hydrogen-bond acceptors (Lipinski definition) is 4. The lowest BCUT2D eigenvalue weighted by Crippen LogP contribution is -2.33. The lowest BCUT2D eigenvalue weighted by atomic mass is 10.1. The van der Waals surface area contributed by atoms with Gasteiger partial charge in [-0.25, -0.2) is 9.48 Å². The van der Waals surface area contributed by atoms with E-state index in [9.17, 15) is 4.79 Å². The third kappa shape index (κ3) is 2.55. The summed E-state index contributed by atoms with van der Waals surface area (Å²) in [5.74, 6) is 0. The number of amides is 1. The van der Waals surface area contributed by atoms with Crippen LogP contribution in [0.1, 0.15) is 11.7 Å². The minimum atomic E-state index is -0.525. The van der Waals surface area contributed by atoms with Gasteiger partial charge >= 0.3 is 6.09 Å². The van der Waals surface area contributed by atoms with Crippen LogP contribution in [0.2, 0.25) is 0 Å². The molecule has 3 aromatic rings. The summed E-state index contributed by atoms with van der Waals surface area (Å²) in [6.07, 6.45) is -1.01. The molecule has 0 unspecified atom stereocenters. The van der Waals surface area contributed by atoms with E-state index in [-0.39, 0.29) is 0 Å². The first-order valence-electron chi connectivity index (χ1n) is 6.49. The quantitative estimate of drug-likeness (QED) is 0.800. The second-order valence-corrected chi connectivity index (χ2v) is 4.47. The van der Waals surface area contributed by atoms with Crippen LogP contribution in [0.3, 0.4) is 0 Å². The Kier molecular flexibility index (Phi) is 3.51. The summed E-state index contributed by atoms with van der Waals surface area (Å²) in [6.45, 7) is 0. The Morgan fingerprint density at radius 3 is 2.62 bits per heavy atom. The van der Waals surface area contributed by atoms with Crippen molar-refractivity contribution in [1.82, 2.24) is 20.3 Å². The summed E-state index contributed by atoms with van der Waals surface area (Å²) in [4.78, 5) is 11.6. The van der Waals surface area contributed by atoms with Gasteiger partial charge in [0.05, 0.1) is 12.6 Å². The van der Waals surface area contributed by atoms with Crippen LogP contribution in [0.5, 0.6) is 0 Å². The maximum atomic E-state index is 11.6. The highest BCUT2D eigenvalue weighted by molar-refractivity contribution is 5.75. The van der Waals surface area contributed by atoms with Gasteiger partial charge in [-0.15, -0.1) is 5.10 Å². The number of nitrogens with one attached hydrogen (secondary N) is 1. The van der Waals surface area contributed by atoms with Gasteiger partial charge in [0.2, 0.25) is 0 Å². The second kappa shape index (κ2) is 5.62. The van der Waals surface area contributed by atoms with E-state index in [0.29, 0.717) is 0 Å². The van der Waals surface area contributed by atoms with E-state index in [4.69, 9.17) is 4.74 Å². The molecule has 1 amide bonds. The van der Waals surface area contributed by atoms with Gasteiger partial charge in [-0.3, -0.25) is 5.32 Å². The monoisotopic (exact) mass is 282 g/mol. The Labute approximate surface area is 121 Å². The average molecular weight is 282 g/mol. The summed E-state index contributed by atoms with van der Waals surface area (Å²) in [5.41, 5.74) is 2.49. The molecule has 0 bridgehead atoms. The SMILES string of the molecule is COC(=O)N[C@@H](c1ccccc1)n1nnc2ccccc21. The van der Waals surface area contributed by atoms with Crippen molar-refractivity contribution in [3.63, 3.8) is 0 Å². The van der Waals surface area contributed by atoms with Crippen LogP contribution < -0.4 is 5.32 Å². The van der Waals surface area contributed by atoms with Gasteiger partial charge in [0.25, 0.3) is 0 Å². The van der Waals surface area contributed by atoms with Crippen molar-refractivity contribution in [3.05, 3.63) is 60.2 Å². The Morgan fingerprint density at radius 1 is 1.14 bits per heavy atom. The number of carbonyl (C=O) groups excluding carboxylic acids is 1. The molecule has 0 aliphatic heterocycles. The number of hydrogen-bond donors (Lipinski definition) is 1. The molecule has 0 spiro atoms. The highest BCUT2D eigenvalue weighted by Crippen LogP contribution is 2.20. The highest BCUT2D eigenvalue weighted by atomic mass is 16.5. The standard InChI is InChI=1S/C15H14N4O2/c1-21-15(20)16-14(11-7-3-2-4-8-11)19-13-10-6-5-9-12(13)17-18-19/h2-10,14H,1H3,(H,16,20)/t14-/m1/s1. The number of rotatable bonds is 3. The van der Waals surface area contributed by atoms with Crippen molar-refractivity contribution in [3.8, 4) is 0 Å². The molecule has 0 fully saturated rings. The van der Waals surface area contributed by atoms with E-state index in [1.165, 1.54) is 7.11 Å². The van der Waals surface area contributed by atoms with E-state index >= 15 is 0 Å². The smallest absolute Gasteiger partial charge is 0.408 e. The van der Waals surface area contributed by atoms with Crippen molar-refractivity contribution in [2.75, 3.05) is 7.11 Å². The topological polar surface area (TPSA) is 69.0 Å². The molecule has 0 aliphatic carbocycles. The highest BCUT2D eigenvalue weighted by Gasteiger charge is 2.20. The van der Waals surface area contributed by atoms with Crippen LogP contribution in [0.15, 0.2) is 54.6 Å². The molecule has 0 radical (unpaired) electrons. The summed E-state index contributed by atoms with van der Waals surface area (Å²) in [6, 6.07) is 17.1. The zero-order valence-corrected chi connectivity index (χ0v) is 11.4. The molecule has 2 aromatic carbocycles. The van der Waals surface area contributed by atoms with Crippen LogP contribution in [0.4, 0.5) is 4.79 Å². The number of aromatic nitrogens is 3. The van der Waals surface area contributed by atoms with Gasteiger partial charge in [-0.05, 0) is 17.7 Å². The lowest BCUT2D eigenvalue weighted by Gasteiger charge is -2.19. The van der Waals surface area contributed by atoms with Gasteiger partial charge < -0.3 is 4.74 Å². The van der Waals surface area contributed by atoms with Crippen molar-refractivity contribution >= 4 is 17.1 Å². The lowest BCUT2D eigenvalue weighted by molar-refractivity contribution is 0.163. The first-order valence-corrected chi connectivity index (χ1v) is 6.49. The molecule has 1 atom stereocenters. The van der Waals surface area contributed by atoms with Crippen molar-refractivity contribution in [2.45, 2.75) is 6.17 Å². The zero-order valence-electron chi connectivity index (χ0n) is 11.4. The van der Waals surface area contributed by atoms with Gasteiger partial charge in [-0.2, -0.15) is 0 Å². The van der Waals surface area contributed by atoms with Gasteiger partial charge in [0.15, 0.2) is 6.17 Å². The molecule has 6 heteroatoms. The molecule has 21 heavy (non-hydrogen) atoms. The first kappa shape index (κ1) is 13.1. The van der Waals surface area contributed by atoms with Crippen LogP contribution in [-0.4, -0.2) is 28.2 Å². The van der Waals surface area contributed by atoms with Crippen molar-refractivity contribution < 1.29 is 9.53 Å².